The zero-order valence-corrected chi connectivity index (χ0v) is 9.39. The number of benzene rings is 1. The molecular formula is C12H18N2O2. The van der Waals surface area contributed by atoms with Crippen LogP contribution in [0.1, 0.15) is 24.9 Å². The summed E-state index contributed by atoms with van der Waals surface area (Å²) in [4.78, 5) is 11.7. The smallest absolute Gasteiger partial charge is 0.241 e. The van der Waals surface area contributed by atoms with Crippen molar-refractivity contribution in [1.29, 1.82) is 0 Å². The Morgan fingerprint density at radius 1 is 1.44 bits per heavy atom. The van der Waals surface area contributed by atoms with E-state index in [0.29, 0.717) is 6.42 Å². The molecule has 0 aliphatic rings. The maximum Gasteiger partial charge on any atom is 0.241 e. The third-order valence-electron chi connectivity index (χ3n) is 2.50. The summed E-state index contributed by atoms with van der Waals surface area (Å²) >= 11 is 0. The number of aliphatic hydroxyl groups is 1. The van der Waals surface area contributed by atoms with Crippen molar-refractivity contribution in [3.63, 3.8) is 0 Å². The monoisotopic (exact) mass is 222 g/mol. The van der Waals surface area contributed by atoms with E-state index in [9.17, 15) is 4.79 Å². The van der Waals surface area contributed by atoms with Gasteiger partial charge < -0.3 is 16.2 Å². The van der Waals surface area contributed by atoms with Crippen LogP contribution in [0.3, 0.4) is 0 Å². The maximum absolute atomic E-state index is 11.7. The predicted octanol–water partition coefficient (Wildman–Crippen LogP) is 0.573. The molecule has 2 atom stereocenters. The number of hydrogen-bond donors (Lipinski definition) is 3. The quantitative estimate of drug-likeness (QED) is 0.682. The maximum atomic E-state index is 11.7. The van der Waals surface area contributed by atoms with Gasteiger partial charge in [0.05, 0.1) is 12.6 Å². The number of aliphatic hydroxyl groups excluding tert-OH is 1. The second kappa shape index (κ2) is 6.25. The van der Waals surface area contributed by atoms with Gasteiger partial charge in [0.1, 0.15) is 6.04 Å². The molecule has 0 fully saturated rings. The molecular weight excluding hydrogens is 204 g/mol. The van der Waals surface area contributed by atoms with Crippen molar-refractivity contribution in [3.8, 4) is 0 Å². The van der Waals surface area contributed by atoms with Crippen LogP contribution in [0.25, 0.3) is 0 Å². The topological polar surface area (TPSA) is 75.3 Å². The van der Waals surface area contributed by atoms with Crippen molar-refractivity contribution in [3.05, 3.63) is 35.9 Å². The number of nitrogens with two attached hydrogens (primary N) is 1. The van der Waals surface area contributed by atoms with Crippen molar-refractivity contribution >= 4 is 5.91 Å². The van der Waals surface area contributed by atoms with Crippen molar-refractivity contribution in [2.45, 2.75) is 25.4 Å². The van der Waals surface area contributed by atoms with Crippen LogP contribution in [0, 0.1) is 0 Å². The second-order valence-corrected chi connectivity index (χ2v) is 3.68. The van der Waals surface area contributed by atoms with Gasteiger partial charge in [-0.1, -0.05) is 37.3 Å². The van der Waals surface area contributed by atoms with Crippen LogP contribution in [0.4, 0.5) is 0 Å². The van der Waals surface area contributed by atoms with E-state index in [1.807, 2.05) is 37.3 Å². The van der Waals surface area contributed by atoms with Crippen LogP contribution in [0.5, 0.6) is 0 Å². The average Bonchev–Trinajstić information content (AvgIpc) is 2.35. The van der Waals surface area contributed by atoms with Crippen LogP contribution in [-0.4, -0.2) is 23.7 Å². The summed E-state index contributed by atoms with van der Waals surface area (Å²) in [5, 5.41) is 11.7. The highest BCUT2D eigenvalue weighted by Crippen LogP contribution is 2.09. The van der Waals surface area contributed by atoms with Gasteiger partial charge in [0.2, 0.25) is 5.91 Å². The molecule has 1 aromatic carbocycles. The summed E-state index contributed by atoms with van der Waals surface area (Å²) in [7, 11) is 0. The molecule has 0 aliphatic heterocycles. The van der Waals surface area contributed by atoms with E-state index in [1.165, 1.54) is 0 Å². The number of carbonyl (C=O) groups excluding carboxylic acids is 1. The Bertz CT molecular complexity index is 323. The molecule has 4 nitrogen and oxygen atoms in total. The highest BCUT2D eigenvalue weighted by Gasteiger charge is 2.17. The van der Waals surface area contributed by atoms with Crippen molar-refractivity contribution in [2.75, 3.05) is 6.61 Å². The molecule has 0 saturated heterocycles. The molecule has 0 unspecified atom stereocenters. The van der Waals surface area contributed by atoms with Gasteiger partial charge in [0.15, 0.2) is 0 Å². The summed E-state index contributed by atoms with van der Waals surface area (Å²) < 4.78 is 0. The molecule has 0 heterocycles. The number of carbonyl (C=O) groups is 1. The zero-order chi connectivity index (χ0) is 12.0. The summed E-state index contributed by atoms with van der Waals surface area (Å²) in [5.74, 6) is -0.257. The lowest BCUT2D eigenvalue weighted by atomic mass is 10.1. The third kappa shape index (κ3) is 3.32. The van der Waals surface area contributed by atoms with Crippen LogP contribution in [0.2, 0.25) is 0 Å². The summed E-state index contributed by atoms with van der Waals surface area (Å²) in [6.07, 6.45) is 0.684. The molecule has 4 heteroatoms. The predicted molar refractivity (Wildman–Crippen MR) is 62.7 cm³/mol. The Hall–Kier alpha value is -1.39. The molecule has 0 spiro atoms. The SMILES string of the molecule is CC[C@H](CO)NC(=O)[C@@H](N)c1ccccc1. The summed E-state index contributed by atoms with van der Waals surface area (Å²) in [6, 6.07) is 8.27. The van der Waals surface area contributed by atoms with Gasteiger partial charge in [0, 0.05) is 0 Å². The minimum atomic E-state index is -0.679. The Balaban J connectivity index is 2.61. The molecule has 0 saturated carbocycles. The number of nitrogens with one attached hydrogen (secondary N) is 1. The zero-order valence-electron chi connectivity index (χ0n) is 9.39. The van der Waals surface area contributed by atoms with E-state index < -0.39 is 6.04 Å². The Morgan fingerprint density at radius 2 is 2.06 bits per heavy atom. The molecule has 0 bridgehead atoms. The lowest BCUT2D eigenvalue weighted by Crippen LogP contribution is -2.42. The number of amides is 1. The molecule has 0 aliphatic carbocycles. The van der Waals surface area contributed by atoms with E-state index in [0.717, 1.165) is 5.56 Å². The van der Waals surface area contributed by atoms with E-state index in [2.05, 4.69) is 5.32 Å². The first-order valence-electron chi connectivity index (χ1n) is 5.40. The normalized spacial score (nSPS) is 14.2. The molecule has 1 amide bonds. The van der Waals surface area contributed by atoms with Gasteiger partial charge in [-0.2, -0.15) is 0 Å². The fraction of sp³-hybridized carbons (Fsp3) is 0.417. The van der Waals surface area contributed by atoms with E-state index >= 15 is 0 Å². The van der Waals surface area contributed by atoms with Crippen LogP contribution < -0.4 is 11.1 Å². The Labute approximate surface area is 95.5 Å². The number of hydrogen-bond acceptors (Lipinski definition) is 3. The largest absolute Gasteiger partial charge is 0.394 e. The Kier molecular flexibility index (Phi) is 4.95. The van der Waals surface area contributed by atoms with Crippen molar-refractivity contribution in [2.24, 2.45) is 5.73 Å². The van der Waals surface area contributed by atoms with E-state index in [-0.39, 0.29) is 18.6 Å². The molecule has 1 rings (SSSR count). The molecule has 16 heavy (non-hydrogen) atoms. The molecule has 0 radical (unpaired) electrons. The minimum Gasteiger partial charge on any atom is -0.394 e. The van der Waals surface area contributed by atoms with Crippen LogP contribution in [0.15, 0.2) is 30.3 Å². The van der Waals surface area contributed by atoms with Gasteiger partial charge in [-0.3, -0.25) is 4.79 Å². The lowest BCUT2D eigenvalue weighted by Gasteiger charge is -2.17. The highest BCUT2D eigenvalue weighted by molar-refractivity contribution is 5.83. The van der Waals surface area contributed by atoms with Gasteiger partial charge in [-0.15, -0.1) is 0 Å². The first kappa shape index (κ1) is 12.7. The highest BCUT2D eigenvalue weighted by atomic mass is 16.3. The third-order valence-corrected chi connectivity index (χ3v) is 2.50. The standard InChI is InChI=1S/C12H18N2O2/c1-2-10(8-15)14-12(16)11(13)9-6-4-3-5-7-9/h3-7,10-11,15H,2,8,13H2,1H3,(H,14,16)/t10-,11+/m1/s1. The van der Waals surface area contributed by atoms with Crippen LogP contribution in [-0.2, 0) is 4.79 Å². The summed E-state index contributed by atoms with van der Waals surface area (Å²) in [5.41, 5.74) is 6.57. The van der Waals surface area contributed by atoms with Gasteiger partial charge >= 0.3 is 0 Å². The van der Waals surface area contributed by atoms with Crippen LogP contribution >= 0.6 is 0 Å². The van der Waals surface area contributed by atoms with Gasteiger partial charge in [-0.25, -0.2) is 0 Å². The van der Waals surface area contributed by atoms with E-state index in [1.54, 1.807) is 0 Å². The van der Waals surface area contributed by atoms with Gasteiger partial charge in [-0.05, 0) is 12.0 Å². The lowest BCUT2D eigenvalue weighted by molar-refractivity contribution is -0.123. The van der Waals surface area contributed by atoms with Crippen molar-refractivity contribution in [1.82, 2.24) is 5.32 Å². The first-order chi connectivity index (χ1) is 7.69. The van der Waals surface area contributed by atoms with Crippen molar-refractivity contribution < 1.29 is 9.90 Å². The van der Waals surface area contributed by atoms with Gasteiger partial charge in [0.25, 0.3) is 0 Å². The first-order valence-corrected chi connectivity index (χ1v) is 5.40. The average molecular weight is 222 g/mol. The fourth-order valence-electron chi connectivity index (χ4n) is 1.38. The second-order valence-electron chi connectivity index (χ2n) is 3.68. The fourth-order valence-corrected chi connectivity index (χ4v) is 1.38. The molecule has 1 aromatic rings. The molecule has 0 aromatic heterocycles. The van der Waals surface area contributed by atoms with E-state index in [4.69, 9.17) is 10.8 Å². The molecule has 4 N–H and O–H groups in total. The number of rotatable bonds is 5. The minimum absolute atomic E-state index is 0.0657. The summed E-state index contributed by atoms with van der Waals surface area (Å²) in [6.45, 7) is 1.83. The molecule has 88 valence electrons. The Morgan fingerprint density at radius 3 is 2.56 bits per heavy atom.